The Kier molecular flexibility index (Phi) is 7.17. The van der Waals surface area contributed by atoms with Crippen LogP contribution in [0, 0.1) is 0 Å². The number of aromatic nitrogens is 2. The number of fused-ring (bicyclic) bond motifs is 2. The van der Waals surface area contributed by atoms with E-state index in [9.17, 15) is 9.59 Å². The molecule has 1 aliphatic heterocycles. The number of amides is 2. The zero-order valence-corrected chi connectivity index (χ0v) is 21.9. The van der Waals surface area contributed by atoms with E-state index in [0.29, 0.717) is 37.4 Å². The lowest BCUT2D eigenvalue weighted by Gasteiger charge is -2.25. The van der Waals surface area contributed by atoms with Gasteiger partial charge in [-0.15, -0.1) is 0 Å². The second-order valence-corrected chi connectivity index (χ2v) is 10.4. The quantitative estimate of drug-likeness (QED) is 0.330. The van der Waals surface area contributed by atoms with Crippen LogP contribution in [-0.4, -0.2) is 46.1 Å². The van der Waals surface area contributed by atoms with E-state index in [1.165, 1.54) is 6.42 Å². The molecule has 0 spiro atoms. The molecule has 2 heterocycles. The fraction of sp³-hybridized carbons (Fsp3) is 0.323. The largest absolute Gasteiger partial charge is 0.446 e. The molecule has 200 valence electrons. The van der Waals surface area contributed by atoms with Crippen molar-refractivity contribution in [1.82, 2.24) is 14.9 Å². The number of benzene rings is 3. The molecular formula is C31H33N5O3. The summed E-state index contributed by atoms with van der Waals surface area (Å²) in [7, 11) is 0. The first-order valence-electron chi connectivity index (χ1n) is 13.7. The number of ether oxygens (including phenoxy) is 1. The summed E-state index contributed by atoms with van der Waals surface area (Å²) < 4.78 is 5.68. The van der Waals surface area contributed by atoms with Gasteiger partial charge in [-0.2, -0.15) is 0 Å². The van der Waals surface area contributed by atoms with Gasteiger partial charge in [0.1, 0.15) is 6.10 Å². The van der Waals surface area contributed by atoms with Crippen molar-refractivity contribution in [1.29, 1.82) is 0 Å². The number of aromatic amines is 1. The van der Waals surface area contributed by atoms with Gasteiger partial charge >= 0.3 is 6.09 Å². The Labute approximate surface area is 228 Å². The molecular weight excluding hydrogens is 490 g/mol. The van der Waals surface area contributed by atoms with Crippen molar-refractivity contribution in [3.63, 3.8) is 0 Å². The zero-order chi connectivity index (χ0) is 26.6. The number of carbonyl (C=O) groups excluding carboxylic acids is 2. The van der Waals surface area contributed by atoms with E-state index >= 15 is 0 Å². The first kappa shape index (κ1) is 25.0. The molecule has 0 atom stereocenters. The van der Waals surface area contributed by atoms with Crippen LogP contribution in [-0.2, 0) is 17.8 Å². The number of anilines is 2. The van der Waals surface area contributed by atoms with Crippen molar-refractivity contribution in [2.75, 3.05) is 23.3 Å². The van der Waals surface area contributed by atoms with Gasteiger partial charge in [-0.05, 0) is 60.2 Å². The monoisotopic (exact) mass is 523 g/mol. The van der Waals surface area contributed by atoms with Crippen LogP contribution in [0.1, 0.15) is 53.7 Å². The molecule has 4 aromatic rings. The van der Waals surface area contributed by atoms with Crippen LogP contribution in [0.4, 0.5) is 16.2 Å². The van der Waals surface area contributed by atoms with Gasteiger partial charge in [0.15, 0.2) is 0 Å². The van der Waals surface area contributed by atoms with Gasteiger partial charge in [-0.25, -0.2) is 9.78 Å². The molecule has 8 nitrogen and oxygen atoms in total. The lowest BCUT2D eigenvalue weighted by molar-refractivity contribution is 0.0753. The summed E-state index contributed by atoms with van der Waals surface area (Å²) in [6, 6.07) is 19.7. The maximum atomic E-state index is 13.8. The third-order valence-electron chi connectivity index (χ3n) is 7.72. The van der Waals surface area contributed by atoms with Gasteiger partial charge in [0, 0.05) is 42.8 Å². The molecule has 0 saturated heterocycles. The van der Waals surface area contributed by atoms with Gasteiger partial charge < -0.3 is 19.5 Å². The molecule has 1 aromatic heterocycles. The Morgan fingerprint density at radius 2 is 1.85 bits per heavy atom. The molecule has 2 N–H and O–H groups in total. The van der Waals surface area contributed by atoms with E-state index < -0.39 is 6.09 Å². The first-order chi connectivity index (χ1) is 19.1. The standard InChI is InChI=1S/C31H33N5O3/c37-30(28-12-6-8-22-7-4-5-11-27(22)28)36-16-15-35(20-25-18-32-21-33-25)29-17-24(14-13-23(29)19-36)34-31(38)39-26-9-2-1-3-10-26/h4-8,11-14,17-18,21,26H,1-3,9-10,15-16,19-20H2,(H,32,33)(H,34,38). The topological polar surface area (TPSA) is 90.6 Å². The highest BCUT2D eigenvalue weighted by Crippen LogP contribution is 2.31. The molecule has 6 rings (SSSR count). The predicted molar refractivity (Wildman–Crippen MR) is 152 cm³/mol. The lowest BCUT2D eigenvalue weighted by Crippen LogP contribution is -2.35. The second-order valence-electron chi connectivity index (χ2n) is 10.4. The smallest absolute Gasteiger partial charge is 0.411 e. The normalized spacial score (nSPS) is 16.0. The van der Waals surface area contributed by atoms with Gasteiger partial charge in [0.25, 0.3) is 5.91 Å². The van der Waals surface area contributed by atoms with Crippen LogP contribution in [0.25, 0.3) is 10.8 Å². The Bertz CT molecular complexity index is 1460. The Morgan fingerprint density at radius 1 is 1.00 bits per heavy atom. The van der Waals surface area contributed by atoms with Gasteiger partial charge in [-0.1, -0.05) is 48.9 Å². The Hall–Kier alpha value is -4.33. The summed E-state index contributed by atoms with van der Waals surface area (Å²) in [5, 5.41) is 4.94. The van der Waals surface area contributed by atoms with Crippen molar-refractivity contribution in [2.45, 2.75) is 51.3 Å². The SMILES string of the molecule is O=C(Nc1ccc2c(c1)N(Cc1cnc[nH]1)CCN(C(=O)c1cccc3ccccc13)C2)OC1CCCCC1. The Balaban J connectivity index is 1.26. The van der Waals surface area contributed by atoms with E-state index in [2.05, 4.69) is 20.2 Å². The highest BCUT2D eigenvalue weighted by molar-refractivity contribution is 6.07. The summed E-state index contributed by atoms with van der Waals surface area (Å²) in [6.07, 6.45) is 8.33. The molecule has 0 unspecified atom stereocenters. The fourth-order valence-electron chi connectivity index (χ4n) is 5.69. The molecule has 3 aromatic carbocycles. The molecule has 8 heteroatoms. The zero-order valence-electron chi connectivity index (χ0n) is 21.9. The fourth-order valence-corrected chi connectivity index (χ4v) is 5.69. The minimum absolute atomic E-state index is 0.00917. The summed E-state index contributed by atoms with van der Waals surface area (Å²) in [6.45, 7) is 2.29. The molecule has 1 saturated carbocycles. The first-order valence-corrected chi connectivity index (χ1v) is 13.7. The molecule has 0 radical (unpaired) electrons. The average molecular weight is 524 g/mol. The number of nitrogens with one attached hydrogen (secondary N) is 2. The van der Waals surface area contributed by atoms with Crippen molar-refractivity contribution < 1.29 is 14.3 Å². The maximum Gasteiger partial charge on any atom is 0.411 e. The lowest BCUT2D eigenvalue weighted by atomic mass is 9.98. The summed E-state index contributed by atoms with van der Waals surface area (Å²) in [5.74, 6) is 0.0133. The van der Waals surface area contributed by atoms with Crippen molar-refractivity contribution in [3.8, 4) is 0 Å². The number of H-pyrrole nitrogens is 1. The number of rotatable bonds is 5. The van der Waals surface area contributed by atoms with E-state index in [0.717, 1.165) is 53.4 Å². The van der Waals surface area contributed by atoms with E-state index in [1.54, 1.807) is 6.33 Å². The Morgan fingerprint density at radius 3 is 2.69 bits per heavy atom. The summed E-state index contributed by atoms with van der Waals surface area (Å²) >= 11 is 0. The summed E-state index contributed by atoms with van der Waals surface area (Å²) in [5.41, 5.74) is 4.36. The predicted octanol–water partition coefficient (Wildman–Crippen LogP) is 6.11. The second kappa shape index (κ2) is 11.2. The highest BCUT2D eigenvalue weighted by atomic mass is 16.6. The van der Waals surface area contributed by atoms with Crippen LogP contribution in [0.2, 0.25) is 0 Å². The number of carbonyl (C=O) groups is 2. The van der Waals surface area contributed by atoms with Gasteiger partial charge in [0.2, 0.25) is 0 Å². The molecule has 1 fully saturated rings. The maximum absolute atomic E-state index is 13.8. The molecule has 1 aliphatic carbocycles. The molecule has 39 heavy (non-hydrogen) atoms. The average Bonchev–Trinajstić information content (AvgIpc) is 3.41. The number of imidazole rings is 1. The number of nitrogens with zero attached hydrogens (tertiary/aromatic N) is 3. The molecule has 2 amide bonds. The van der Waals surface area contributed by atoms with Crippen molar-refractivity contribution in [2.24, 2.45) is 0 Å². The third kappa shape index (κ3) is 5.60. The minimum atomic E-state index is -0.414. The molecule has 2 aliphatic rings. The van der Waals surface area contributed by atoms with Gasteiger partial charge in [-0.3, -0.25) is 10.1 Å². The third-order valence-corrected chi connectivity index (χ3v) is 7.72. The van der Waals surface area contributed by atoms with E-state index in [4.69, 9.17) is 4.74 Å². The van der Waals surface area contributed by atoms with Crippen LogP contribution < -0.4 is 10.2 Å². The van der Waals surface area contributed by atoms with Crippen LogP contribution >= 0.6 is 0 Å². The molecule has 0 bridgehead atoms. The summed E-state index contributed by atoms with van der Waals surface area (Å²) in [4.78, 5) is 38.0. The van der Waals surface area contributed by atoms with E-state index in [-0.39, 0.29) is 12.0 Å². The van der Waals surface area contributed by atoms with E-state index in [1.807, 2.05) is 71.8 Å². The van der Waals surface area contributed by atoms with Crippen LogP contribution in [0.15, 0.2) is 73.2 Å². The van der Waals surface area contributed by atoms with Crippen LogP contribution in [0.3, 0.4) is 0 Å². The van der Waals surface area contributed by atoms with Crippen LogP contribution in [0.5, 0.6) is 0 Å². The number of hydrogen-bond acceptors (Lipinski definition) is 5. The van der Waals surface area contributed by atoms with Crippen molar-refractivity contribution >= 4 is 34.1 Å². The number of hydrogen-bond donors (Lipinski definition) is 2. The minimum Gasteiger partial charge on any atom is -0.446 e. The van der Waals surface area contributed by atoms with Gasteiger partial charge in [0.05, 0.1) is 18.6 Å². The van der Waals surface area contributed by atoms with Crippen molar-refractivity contribution in [3.05, 3.63) is 90.0 Å². The highest BCUT2D eigenvalue weighted by Gasteiger charge is 2.26.